The number of benzene rings is 7. The molecule has 10 aromatic rings. The Morgan fingerprint density at radius 2 is 0.745 bits per heavy atom. The van der Waals surface area contributed by atoms with Crippen LogP contribution in [0.1, 0.15) is 0 Å². The van der Waals surface area contributed by atoms with Crippen LogP contribution in [0, 0.1) is 0 Å². The number of thiophene rings is 1. The van der Waals surface area contributed by atoms with Crippen molar-refractivity contribution in [2.45, 2.75) is 0 Å². The van der Waals surface area contributed by atoms with Gasteiger partial charge in [0.15, 0.2) is 23.3 Å². The maximum atomic E-state index is 5.23. The van der Waals surface area contributed by atoms with Gasteiger partial charge in [0.25, 0.3) is 0 Å². The minimum atomic E-state index is 0.638. The standard InChI is InChI=1S/C49H31N5S/c1-5-14-32(15-6-1)33-24-26-37(27-25-33)46-50-42(34-16-7-2-8-17-34)31-43(51-46)41-23-13-22-40-39-29-28-38(30-44(39)55-45(40)41)49-53-47(35-18-9-3-10-19-35)52-48(54-49)36-20-11-4-12-21-36/h1-31H. The fraction of sp³-hybridized carbons (Fsp3) is 0. The van der Waals surface area contributed by atoms with Gasteiger partial charge in [0, 0.05) is 53.6 Å². The van der Waals surface area contributed by atoms with Crippen molar-refractivity contribution in [2.24, 2.45) is 0 Å². The SMILES string of the molecule is c1ccc(-c2ccc(-c3nc(-c4ccccc4)cc(-c4cccc5c4sc4cc(-c6nc(-c7ccccc7)nc(-c7ccccc7)n6)ccc45)n3)cc2)cc1. The van der Waals surface area contributed by atoms with Gasteiger partial charge in [-0.1, -0.05) is 176 Å². The summed E-state index contributed by atoms with van der Waals surface area (Å²) in [5.41, 5.74) is 10.0. The van der Waals surface area contributed by atoms with E-state index in [1.807, 2.05) is 84.9 Å². The van der Waals surface area contributed by atoms with Crippen LogP contribution in [-0.4, -0.2) is 24.9 Å². The van der Waals surface area contributed by atoms with Gasteiger partial charge in [0.05, 0.1) is 11.4 Å². The second kappa shape index (κ2) is 14.0. The van der Waals surface area contributed by atoms with Crippen molar-refractivity contribution >= 4 is 31.5 Å². The van der Waals surface area contributed by atoms with Gasteiger partial charge in [-0.3, -0.25) is 0 Å². The van der Waals surface area contributed by atoms with Crippen molar-refractivity contribution in [3.8, 4) is 79.2 Å². The Kier molecular flexibility index (Phi) is 8.28. The molecule has 0 saturated carbocycles. The van der Waals surface area contributed by atoms with Gasteiger partial charge < -0.3 is 0 Å². The van der Waals surface area contributed by atoms with E-state index in [1.165, 1.54) is 21.0 Å². The molecule has 0 bridgehead atoms. The fourth-order valence-electron chi connectivity index (χ4n) is 6.99. The van der Waals surface area contributed by atoms with E-state index < -0.39 is 0 Å². The number of rotatable bonds is 7. The van der Waals surface area contributed by atoms with Gasteiger partial charge in [-0.2, -0.15) is 0 Å². The van der Waals surface area contributed by atoms with E-state index in [-0.39, 0.29) is 0 Å². The Bertz CT molecular complexity index is 2890. The van der Waals surface area contributed by atoms with Crippen LogP contribution in [0.2, 0.25) is 0 Å². The normalized spacial score (nSPS) is 11.3. The van der Waals surface area contributed by atoms with Gasteiger partial charge in [-0.15, -0.1) is 11.3 Å². The van der Waals surface area contributed by atoms with Crippen LogP contribution in [0.3, 0.4) is 0 Å². The van der Waals surface area contributed by atoms with E-state index in [0.29, 0.717) is 23.3 Å². The van der Waals surface area contributed by atoms with Crippen LogP contribution < -0.4 is 0 Å². The minimum absolute atomic E-state index is 0.638. The third-order valence-electron chi connectivity index (χ3n) is 9.78. The Hall–Kier alpha value is -7.15. The number of hydrogen-bond donors (Lipinski definition) is 0. The zero-order chi connectivity index (χ0) is 36.6. The smallest absolute Gasteiger partial charge is 0.164 e. The molecule has 55 heavy (non-hydrogen) atoms. The fourth-order valence-corrected chi connectivity index (χ4v) is 8.25. The molecule has 0 radical (unpaired) electrons. The molecule has 10 rings (SSSR count). The van der Waals surface area contributed by atoms with Crippen LogP contribution >= 0.6 is 11.3 Å². The lowest BCUT2D eigenvalue weighted by Crippen LogP contribution is -1.99. The van der Waals surface area contributed by atoms with E-state index in [4.69, 9.17) is 24.9 Å². The molecule has 0 unspecified atom stereocenters. The molecule has 7 aromatic carbocycles. The van der Waals surface area contributed by atoms with Crippen LogP contribution in [0.15, 0.2) is 188 Å². The zero-order valence-electron chi connectivity index (χ0n) is 29.5. The van der Waals surface area contributed by atoms with Gasteiger partial charge in [-0.05, 0) is 23.3 Å². The number of hydrogen-bond acceptors (Lipinski definition) is 6. The molecule has 0 aliphatic heterocycles. The summed E-state index contributed by atoms with van der Waals surface area (Å²) in [6, 6.07) is 64.6. The summed E-state index contributed by atoms with van der Waals surface area (Å²) in [6.07, 6.45) is 0. The summed E-state index contributed by atoms with van der Waals surface area (Å²) in [5, 5.41) is 2.36. The van der Waals surface area contributed by atoms with Gasteiger partial charge in [-0.25, -0.2) is 24.9 Å². The van der Waals surface area contributed by atoms with E-state index in [1.54, 1.807) is 11.3 Å². The van der Waals surface area contributed by atoms with Crippen LogP contribution in [-0.2, 0) is 0 Å². The molecule has 0 saturated heterocycles. The molecule has 0 aliphatic carbocycles. The predicted molar refractivity (Wildman–Crippen MR) is 226 cm³/mol. The molecule has 0 atom stereocenters. The average molecular weight is 722 g/mol. The quantitative estimate of drug-likeness (QED) is 0.164. The average Bonchev–Trinajstić information content (AvgIpc) is 3.66. The monoisotopic (exact) mass is 721 g/mol. The first-order valence-corrected chi connectivity index (χ1v) is 19.0. The molecule has 0 N–H and O–H groups in total. The molecular formula is C49H31N5S. The molecule has 258 valence electrons. The zero-order valence-corrected chi connectivity index (χ0v) is 30.4. The Balaban J connectivity index is 1.10. The lowest BCUT2D eigenvalue weighted by molar-refractivity contribution is 1.07. The van der Waals surface area contributed by atoms with E-state index in [0.717, 1.165) is 55.0 Å². The Morgan fingerprint density at radius 1 is 0.291 bits per heavy atom. The third kappa shape index (κ3) is 6.35. The summed E-state index contributed by atoms with van der Waals surface area (Å²) < 4.78 is 2.32. The van der Waals surface area contributed by atoms with Crippen LogP contribution in [0.25, 0.3) is 99.4 Å². The highest BCUT2D eigenvalue weighted by Crippen LogP contribution is 2.42. The number of fused-ring (bicyclic) bond motifs is 3. The van der Waals surface area contributed by atoms with E-state index in [2.05, 4.69) is 103 Å². The molecule has 3 heterocycles. The summed E-state index contributed by atoms with van der Waals surface area (Å²) >= 11 is 1.76. The van der Waals surface area contributed by atoms with Gasteiger partial charge in [0.1, 0.15) is 0 Å². The lowest BCUT2D eigenvalue weighted by atomic mass is 10.0. The van der Waals surface area contributed by atoms with Crippen molar-refractivity contribution in [1.82, 2.24) is 24.9 Å². The van der Waals surface area contributed by atoms with Crippen molar-refractivity contribution < 1.29 is 0 Å². The second-order valence-corrected chi connectivity index (χ2v) is 14.4. The largest absolute Gasteiger partial charge is 0.228 e. The van der Waals surface area contributed by atoms with E-state index >= 15 is 0 Å². The van der Waals surface area contributed by atoms with Crippen molar-refractivity contribution in [3.63, 3.8) is 0 Å². The summed E-state index contributed by atoms with van der Waals surface area (Å²) in [7, 11) is 0. The molecule has 0 fully saturated rings. The molecule has 0 aliphatic rings. The number of nitrogens with zero attached hydrogens (tertiary/aromatic N) is 5. The topological polar surface area (TPSA) is 64.5 Å². The number of aromatic nitrogens is 5. The van der Waals surface area contributed by atoms with Gasteiger partial charge >= 0.3 is 0 Å². The summed E-state index contributed by atoms with van der Waals surface area (Å²) in [4.78, 5) is 25.2. The minimum Gasteiger partial charge on any atom is -0.228 e. The van der Waals surface area contributed by atoms with Crippen LogP contribution in [0.4, 0.5) is 0 Å². The van der Waals surface area contributed by atoms with Crippen LogP contribution in [0.5, 0.6) is 0 Å². The predicted octanol–water partition coefficient (Wildman–Crippen LogP) is 12.7. The lowest BCUT2D eigenvalue weighted by Gasteiger charge is -2.11. The Morgan fingerprint density at radius 3 is 1.36 bits per heavy atom. The highest BCUT2D eigenvalue weighted by atomic mass is 32.1. The molecule has 0 spiro atoms. The first-order valence-electron chi connectivity index (χ1n) is 18.2. The highest BCUT2D eigenvalue weighted by molar-refractivity contribution is 7.26. The third-order valence-corrected chi connectivity index (χ3v) is 11.0. The maximum absolute atomic E-state index is 5.23. The van der Waals surface area contributed by atoms with Crippen molar-refractivity contribution in [1.29, 1.82) is 0 Å². The molecule has 3 aromatic heterocycles. The van der Waals surface area contributed by atoms with E-state index in [9.17, 15) is 0 Å². The van der Waals surface area contributed by atoms with Gasteiger partial charge in [0.2, 0.25) is 0 Å². The summed E-state index contributed by atoms with van der Waals surface area (Å²) in [5.74, 6) is 2.62. The Labute approximate surface area is 322 Å². The molecule has 6 heteroatoms. The first kappa shape index (κ1) is 32.5. The molecule has 0 amide bonds. The maximum Gasteiger partial charge on any atom is 0.164 e. The van der Waals surface area contributed by atoms with Crippen molar-refractivity contribution in [3.05, 3.63) is 188 Å². The molecular weight excluding hydrogens is 691 g/mol. The highest BCUT2D eigenvalue weighted by Gasteiger charge is 2.18. The molecule has 5 nitrogen and oxygen atoms in total. The first-order chi connectivity index (χ1) is 27.2. The second-order valence-electron chi connectivity index (χ2n) is 13.3. The van der Waals surface area contributed by atoms with Crippen molar-refractivity contribution in [2.75, 3.05) is 0 Å². The summed E-state index contributed by atoms with van der Waals surface area (Å²) in [6.45, 7) is 0.